The Balaban J connectivity index is 1.55. The first-order valence-electron chi connectivity index (χ1n) is 13.7. The molecule has 0 saturated carbocycles. The molecule has 0 atom stereocenters. The van der Waals surface area contributed by atoms with Gasteiger partial charge < -0.3 is 29.3 Å². The van der Waals surface area contributed by atoms with E-state index in [2.05, 4.69) is 20.8 Å². The molecule has 13 nitrogen and oxygen atoms in total. The zero-order valence-corrected chi connectivity index (χ0v) is 26.1. The van der Waals surface area contributed by atoms with Crippen molar-refractivity contribution < 1.29 is 37.8 Å². The molecule has 232 valence electrons. The number of rotatable bonds is 14. The van der Waals surface area contributed by atoms with Gasteiger partial charge in [-0.05, 0) is 69.7 Å². The van der Waals surface area contributed by atoms with Crippen LogP contribution in [0.2, 0.25) is 0 Å². The summed E-state index contributed by atoms with van der Waals surface area (Å²) < 4.78 is 22.7. The molecule has 0 spiro atoms. The van der Waals surface area contributed by atoms with Gasteiger partial charge in [0.15, 0.2) is 16.7 Å². The molecule has 4 aromatic rings. The maximum atomic E-state index is 13.1. The number of furan rings is 1. The molecule has 0 aliphatic heterocycles. The molecule has 0 aliphatic carbocycles. The highest BCUT2D eigenvalue weighted by atomic mass is 32.2. The Kier molecular flexibility index (Phi) is 11.2. The molecule has 0 aliphatic rings. The van der Waals surface area contributed by atoms with Crippen LogP contribution in [0.3, 0.4) is 0 Å². The first-order chi connectivity index (χ1) is 21.3. The number of nitrogens with one attached hydrogen (secondary N) is 2. The fourth-order valence-electron chi connectivity index (χ4n) is 4.01. The number of thiophene rings is 1. The van der Waals surface area contributed by atoms with Crippen molar-refractivity contribution in [3.8, 4) is 11.4 Å². The second-order valence-corrected chi connectivity index (χ2v) is 10.8. The quantitative estimate of drug-likeness (QED) is 0.146. The van der Waals surface area contributed by atoms with Gasteiger partial charge in [-0.15, -0.1) is 21.5 Å². The molecule has 3 aromatic heterocycles. The lowest BCUT2D eigenvalue weighted by molar-refractivity contribution is -0.113. The zero-order chi connectivity index (χ0) is 31.6. The molecule has 15 heteroatoms. The van der Waals surface area contributed by atoms with E-state index in [1.165, 1.54) is 6.26 Å². The van der Waals surface area contributed by atoms with Crippen molar-refractivity contribution in [1.82, 2.24) is 20.1 Å². The van der Waals surface area contributed by atoms with E-state index in [0.29, 0.717) is 34.6 Å². The minimum absolute atomic E-state index is 0.0283. The molecule has 0 bridgehead atoms. The molecule has 0 radical (unpaired) electrons. The fourth-order valence-corrected chi connectivity index (χ4v) is 5.89. The van der Waals surface area contributed by atoms with Gasteiger partial charge in [0, 0.05) is 5.69 Å². The molecule has 1 aromatic carbocycles. The molecule has 2 amide bonds. The van der Waals surface area contributed by atoms with E-state index in [-0.39, 0.29) is 46.7 Å². The molecule has 4 rings (SSSR count). The van der Waals surface area contributed by atoms with Crippen molar-refractivity contribution in [2.45, 2.75) is 39.4 Å². The maximum Gasteiger partial charge on any atom is 0.348 e. The topological polar surface area (TPSA) is 164 Å². The molecule has 2 N–H and O–H groups in total. The number of esters is 2. The number of aromatic nitrogens is 3. The number of anilines is 1. The number of nitrogens with zero attached hydrogens (tertiary/aromatic N) is 3. The lowest BCUT2D eigenvalue weighted by atomic mass is 10.1. The summed E-state index contributed by atoms with van der Waals surface area (Å²) in [6.07, 6.45) is 1.40. The Morgan fingerprint density at radius 1 is 0.977 bits per heavy atom. The molecule has 0 saturated heterocycles. The van der Waals surface area contributed by atoms with Crippen LogP contribution in [0.15, 0.2) is 52.2 Å². The summed E-state index contributed by atoms with van der Waals surface area (Å²) in [5.41, 5.74) is 1.15. The Bertz CT molecular complexity index is 1610. The number of thioether (sulfide) groups is 1. The average molecular weight is 642 g/mol. The number of amides is 2. The van der Waals surface area contributed by atoms with E-state index in [1.54, 1.807) is 49.6 Å². The van der Waals surface area contributed by atoms with E-state index >= 15 is 0 Å². The molecule has 3 heterocycles. The predicted molar refractivity (Wildman–Crippen MR) is 163 cm³/mol. The van der Waals surface area contributed by atoms with Crippen LogP contribution in [-0.4, -0.2) is 64.1 Å². The van der Waals surface area contributed by atoms with Crippen LogP contribution in [-0.2, 0) is 20.8 Å². The average Bonchev–Trinajstić information content (AvgIpc) is 3.75. The predicted octanol–water partition coefficient (Wildman–Crippen LogP) is 4.64. The smallest absolute Gasteiger partial charge is 0.348 e. The summed E-state index contributed by atoms with van der Waals surface area (Å²) in [5.74, 6) is -0.989. The SMILES string of the molecule is CCOC(=O)c1sc(NC(=O)CSc2nnc(CNC(=O)c3ccco3)n2-c2ccc(OCC)cc2)c(C(=O)OCC)c1C. The van der Waals surface area contributed by atoms with Gasteiger partial charge in [0.25, 0.3) is 5.91 Å². The summed E-state index contributed by atoms with van der Waals surface area (Å²) in [4.78, 5) is 51.0. The van der Waals surface area contributed by atoms with E-state index < -0.39 is 23.8 Å². The van der Waals surface area contributed by atoms with E-state index in [9.17, 15) is 19.2 Å². The van der Waals surface area contributed by atoms with Crippen LogP contribution in [0.1, 0.15) is 62.7 Å². The fraction of sp³-hybridized carbons (Fsp3) is 0.310. The van der Waals surface area contributed by atoms with Crippen molar-refractivity contribution in [3.63, 3.8) is 0 Å². The lowest BCUT2D eigenvalue weighted by Gasteiger charge is -2.12. The van der Waals surface area contributed by atoms with E-state index in [0.717, 1.165) is 23.1 Å². The summed E-state index contributed by atoms with van der Waals surface area (Å²) in [6, 6.07) is 10.4. The van der Waals surface area contributed by atoms with Gasteiger partial charge in [-0.1, -0.05) is 11.8 Å². The van der Waals surface area contributed by atoms with Crippen LogP contribution in [0, 0.1) is 6.92 Å². The summed E-state index contributed by atoms with van der Waals surface area (Å²) in [5, 5.41) is 14.6. The van der Waals surface area contributed by atoms with Crippen LogP contribution in [0.25, 0.3) is 5.69 Å². The van der Waals surface area contributed by atoms with Crippen molar-refractivity contribution in [2.24, 2.45) is 0 Å². The van der Waals surface area contributed by atoms with Crippen molar-refractivity contribution in [1.29, 1.82) is 0 Å². The molecular formula is C29H31N5O8S2. The second-order valence-electron chi connectivity index (χ2n) is 8.86. The van der Waals surface area contributed by atoms with Crippen LogP contribution in [0.4, 0.5) is 5.00 Å². The summed E-state index contributed by atoms with van der Waals surface area (Å²) in [6.45, 7) is 7.65. The third kappa shape index (κ3) is 7.65. The molecule has 0 fully saturated rings. The highest BCUT2D eigenvalue weighted by molar-refractivity contribution is 7.99. The Morgan fingerprint density at radius 3 is 2.36 bits per heavy atom. The molecule has 0 unspecified atom stereocenters. The van der Waals surface area contributed by atoms with Gasteiger partial charge in [0.2, 0.25) is 5.91 Å². The minimum atomic E-state index is -0.656. The highest BCUT2D eigenvalue weighted by Gasteiger charge is 2.27. The highest BCUT2D eigenvalue weighted by Crippen LogP contribution is 2.35. The Labute approximate surface area is 261 Å². The van der Waals surface area contributed by atoms with Crippen molar-refractivity contribution in [2.75, 3.05) is 30.9 Å². The van der Waals surface area contributed by atoms with Gasteiger partial charge in [0.1, 0.15) is 15.6 Å². The van der Waals surface area contributed by atoms with Gasteiger partial charge >= 0.3 is 11.9 Å². The van der Waals surface area contributed by atoms with Gasteiger partial charge in [-0.2, -0.15) is 0 Å². The van der Waals surface area contributed by atoms with E-state index in [4.69, 9.17) is 18.6 Å². The normalized spacial score (nSPS) is 10.7. The lowest BCUT2D eigenvalue weighted by Crippen LogP contribution is -2.24. The second kappa shape index (κ2) is 15.2. The van der Waals surface area contributed by atoms with Gasteiger partial charge in [0.05, 0.1) is 43.9 Å². The number of carbonyl (C=O) groups is 4. The number of benzene rings is 1. The Morgan fingerprint density at radius 2 is 1.70 bits per heavy atom. The monoisotopic (exact) mass is 641 g/mol. The van der Waals surface area contributed by atoms with Crippen molar-refractivity contribution in [3.05, 3.63) is 70.3 Å². The standard InChI is InChI=1S/C29H31N5O8S2/c1-5-39-19-12-10-18(11-13-19)34-21(15-30-25(36)20-9-8-14-42-20)32-33-29(34)43-16-22(35)31-26-23(27(37)40-6-2)17(4)24(44-26)28(38)41-7-3/h8-14H,5-7,15-16H2,1-4H3,(H,30,36)(H,31,35). The van der Waals surface area contributed by atoms with E-state index in [1.807, 2.05) is 19.1 Å². The first-order valence-corrected chi connectivity index (χ1v) is 15.5. The van der Waals surface area contributed by atoms with Crippen LogP contribution in [0.5, 0.6) is 5.75 Å². The van der Waals surface area contributed by atoms with Crippen LogP contribution >= 0.6 is 23.1 Å². The number of hydrogen-bond donors (Lipinski definition) is 2. The first kappa shape index (κ1) is 32.3. The third-order valence-corrected chi connectivity index (χ3v) is 8.05. The number of hydrogen-bond acceptors (Lipinski definition) is 12. The van der Waals surface area contributed by atoms with Gasteiger partial charge in [-0.3, -0.25) is 14.2 Å². The Hall–Kier alpha value is -4.63. The van der Waals surface area contributed by atoms with Gasteiger partial charge in [-0.25, -0.2) is 9.59 Å². The third-order valence-electron chi connectivity index (χ3n) is 5.93. The summed E-state index contributed by atoms with van der Waals surface area (Å²) in [7, 11) is 0. The summed E-state index contributed by atoms with van der Waals surface area (Å²) >= 11 is 2.04. The number of carbonyl (C=O) groups excluding carboxylic acids is 4. The largest absolute Gasteiger partial charge is 0.494 e. The van der Waals surface area contributed by atoms with Crippen molar-refractivity contribution >= 4 is 51.9 Å². The molecular weight excluding hydrogens is 610 g/mol. The number of ether oxygens (including phenoxy) is 3. The maximum absolute atomic E-state index is 13.1. The molecule has 44 heavy (non-hydrogen) atoms. The van der Waals surface area contributed by atoms with Crippen LogP contribution < -0.4 is 15.4 Å². The minimum Gasteiger partial charge on any atom is -0.494 e. The zero-order valence-electron chi connectivity index (χ0n) is 24.5.